The van der Waals surface area contributed by atoms with Crippen LogP contribution in [0.15, 0.2) is 41.3 Å². The maximum absolute atomic E-state index is 13.5. The first kappa shape index (κ1) is 25.0. The van der Waals surface area contributed by atoms with Crippen molar-refractivity contribution in [3.63, 3.8) is 0 Å². The average Bonchev–Trinajstić information content (AvgIpc) is 2.75. The fourth-order valence-corrected chi connectivity index (χ4v) is 4.98. The van der Waals surface area contributed by atoms with E-state index in [1.54, 1.807) is 31.2 Å². The second kappa shape index (κ2) is 10.4. The molecule has 1 unspecified atom stereocenters. The molecule has 2 rings (SSSR count). The Bertz CT molecular complexity index is 1100. The van der Waals surface area contributed by atoms with Crippen molar-refractivity contribution in [2.75, 3.05) is 28.4 Å². The van der Waals surface area contributed by atoms with Crippen LogP contribution < -0.4 is 9.47 Å². The predicted octanol–water partition coefficient (Wildman–Crippen LogP) is 4.58. The first-order valence-electron chi connectivity index (χ1n) is 9.01. The predicted molar refractivity (Wildman–Crippen MR) is 120 cm³/mol. The van der Waals surface area contributed by atoms with Gasteiger partial charge in [-0.05, 0) is 48.4 Å². The molecule has 31 heavy (non-hydrogen) atoms. The molecule has 168 valence electrons. The first-order chi connectivity index (χ1) is 14.6. The Balaban J connectivity index is 2.59. The Labute approximate surface area is 192 Å². The van der Waals surface area contributed by atoms with Crippen LogP contribution in [0.25, 0.3) is 6.08 Å². The van der Waals surface area contributed by atoms with Gasteiger partial charge in [-0.3, -0.25) is 0 Å². The summed E-state index contributed by atoms with van der Waals surface area (Å²) in [4.78, 5) is 11.3. The normalized spacial score (nSPS) is 12.8. The smallest absolute Gasteiger partial charge is 0.330 e. The number of carbonyl (C=O) groups is 1. The van der Waals surface area contributed by atoms with Crippen LogP contribution in [0, 0.1) is 0 Å². The number of ether oxygens (including phenoxy) is 3. The summed E-state index contributed by atoms with van der Waals surface area (Å²) in [5.41, 5.74) is 0.997. The maximum atomic E-state index is 13.5. The standard InChI is InChI=1S/C21H23Cl2NO6S/c1-13(16-8-7-15(22)12-17(16)23)24(2)31(26,27)19-11-14(6-9-20(25)29-4)10-18(28-3)21(19)30-5/h6-13H,1-5H3/b9-6+. The molecule has 0 radical (unpaired) electrons. The number of carbonyl (C=O) groups excluding carboxylic acids is 1. The van der Waals surface area contributed by atoms with Gasteiger partial charge >= 0.3 is 5.97 Å². The minimum Gasteiger partial charge on any atom is -0.493 e. The van der Waals surface area contributed by atoms with E-state index < -0.39 is 22.0 Å². The van der Waals surface area contributed by atoms with Crippen molar-refractivity contribution in [1.29, 1.82) is 0 Å². The zero-order chi connectivity index (χ0) is 23.3. The van der Waals surface area contributed by atoms with E-state index in [0.29, 0.717) is 21.2 Å². The van der Waals surface area contributed by atoms with E-state index in [1.165, 1.54) is 50.9 Å². The lowest BCUT2D eigenvalue weighted by atomic mass is 10.1. The number of benzene rings is 2. The second-order valence-electron chi connectivity index (χ2n) is 6.47. The molecule has 0 amide bonds. The largest absolute Gasteiger partial charge is 0.493 e. The number of esters is 1. The summed E-state index contributed by atoms with van der Waals surface area (Å²) in [5, 5.41) is 0.796. The van der Waals surface area contributed by atoms with Crippen molar-refractivity contribution < 1.29 is 27.4 Å². The van der Waals surface area contributed by atoms with E-state index in [-0.39, 0.29) is 16.4 Å². The van der Waals surface area contributed by atoms with Gasteiger partial charge < -0.3 is 14.2 Å². The Hall–Kier alpha value is -2.26. The number of sulfonamides is 1. The van der Waals surface area contributed by atoms with Gasteiger partial charge in [0.2, 0.25) is 10.0 Å². The molecule has 0 saturated heterocycles. The highest BCUT2D eigenvalue weighted by Crippen LogP contribution is 2.39. The molecular formula is C21H23Cl2NO6S. The molecule has 0 heterocycles. The monoisotopic (exact) mass is 487 g/mol. The first-order valence-corrected chi connectivity index (χ1v) is 11.2. The van der Waals surface area contributed by atoms with E-state index in [0.717, 1.165) is 0 Å². The molecular weight excluding hydrogens is 465 g/mol. The van der Waals surface area contributed by atoms with Gasteiger partial charge in [-0.1, -0.05) is 29.3 Å². The van der Waals surface area contributed by atoms with Crippen molar-refractivity contribution in [2.24, 2.45) is 0 Å². The van der Waals surface area contributed by atoms with E-state index in [4.69, 9.17) is 32.7 Å². The van der Waals surface area contributed by atoms with Crippen molar-refractivity contribution in [3.8, 4) is 11.5 Å². The lowest BCUT2D eigenvalue weighted by Gasteiger charge is -2.26. The third-order valence-corrected chi connectivity index (χ3v) is 7.19. The fourth-order valence-electron chi connectivity index (χ4n) is 2.87. The Morgan fingerprint density at radius 2 is 1.77 bits per heavy atom. The molecule has 1 atom stereocenters. The van der Waals surface area contributed by atoms with Gasteiger partial charge in [0.25, 0.3) is 0 Å². The van der Waals surface area contributed by atoms with Crippen LogP contribution in [0.4, 0.5) is 0 Å². The summed E-state index contributed by atoms with van der Waals surface area (Å²) in [6.45, 7) is 1.71. The molecule has 0 N–H and O–H groups in total. The van der Waals surface area contributed by atoms with Crippen molar-refractivity contribution >= 4 is 45.3 Å². The Kier molecular flexibility index (Phi) is 8.36. The lowest BCUT2D eigenvalue weighted by molar-refractivity contribution is -0.134. The molecule has 0 spiro atoms. The highest BCUT2D eigenvalue weighted by Gasteiger charge is 2.32. The fraction of sp³-hybridized carbons (Fsp3) is 0.286. The van der Waals surface area contributed by atoms with Crippen LogP contribution in [0.3, 0.4) is 0 Å². The quantitative estimate of drug-likeness (QED) is 0.400. The minimum absolute atomic E-state index is 0.0407. The molecule has 7 nitrogen and oxygen atoms in total. The highest BCUT2D eigenvalue weighted by atomic mass is 35.5. The van der Waals surface area contributed by atoms with Gasteiger partial charge in [-0.25, -0.2) is 13.2 Å². The number of methoxy groups -OCH3 is 3. The molecule has 0 aliphatic heterocycles. The zero-order valence-corrected chi connectivity index (χ0v) is 20.0. The van der Waals surface area contributed by atoms with Gasteiger partial charge in [0.15, 0.2) is 11.5 Å². The highest BCUT2D eigenvalue weighted by molar-refractivity contribution is 7.89. The van der Waals surface area contributed by atoms with E-state index in [9.17, 15) is 13.2 Å². The van der Waals surface area contributed by atoms with Gasteiger partial charge in [-0.2, -0.15) is 4.31 Å². The molecule has 0 saturated carbocycles. The van der Waals surface area contributed by atoms with Crippen LogP contribution in [0.1, 0.15) is 24.1 Å². The summed E-state index contributed by atoms with van der Waals surface area (Å²) in [7, 11) is 1.35. The van der Waals surface area contributed by atoms with E-state index in [2.05, 4.69) is 4.74 Å². The maximum Gasteiger partial charge on any atom is 0.330 e. The van der Waals surface area contributed by atoms with Gasteiger partial charge in [-0.15, -0.1) is 0 Å². The van der Waals surface area contributed by atoms with Gasteiger partial charge in [0.05, 0.1) is 21.3 Å². The molecule has 10 heteroatoms. The van der Waals surface area contributed by atoms with Crippen LogP contribution >= 0.6 is 23.2 Å². The minimum atomic E-state index is -4.07. The van der Waals surface area contributed by atoms with Crippen molar-refractivity contribution in [1.82, 2.24) is 4.31 Å². The lowest BCUT2D eigenvalue weighted by Crippen LogP contribution is -2.30. The molecule has 0 aliphatic rings. The Morgan fingerprint density at radius 1 is 1.10 bits per heavy atom. The van der Waals surface area contributed by atoms with Crippen molar-refractivity contribution in [2.45, 2.75) is 17.9 Å². The van der Waals surface area contributed by atoms with E-state index >= 15 is 0 Å². The molecule has 2 aromatic carbocycles. The second-order valence-corrected chi connectivity index (χ2v) is 9.28. The summed E-state index contributed by atoms with van der Waals surface area (Å²) in [6.07, 6.45) is 2.60. The van der Waals surface area contributed by atoms with Gasteiger partial charge in [0, 0.05) is 29.2 Å². The van der Waals surface area contributed by atoms with E-state index in [1.807, 2.05) is 0 Å². The van der Waals surface area contributed by atoms with Crippen LogP contribution in [0.2, 0.25) is 10.0 Å². The van der Waals surface area contributed by atoms with Crippen LogP contribution in [0.5, 0.6) is 11.5 Å². The average molecular weight is 488 g/mol. The third-order valence-electron chi connectivity index (χ3n) is 4.70. The molecule has 0 aromatic heterocycles. The number of hydrogen-bond donors (Lipinski definition) is 0. The third kappa shape index (κ3) is 5.51. The number of hydrogen-bond acceptors (Lipinski definition) is 6. The summed E-state index contributed by atoms with van der Waals surface area (Å²) < 4.78 is 43.5. The molecule has 0 fully saturated rings. The number of rotatable bonds is 8. The topological polar surface area (TPSA) is 82.1 Å². The molecule has 0 aliphatic carbocycles. The number of halogens is 2. The summed E-state index contributed by atoms with van der Waals surface area (Å²) in [5.74, 6) is -0.347. The van der Waals surface area contributed by atoms with Crippen LogP contribution in [-0.4, -0.2) is 47.1 Å². The summed E-state index contributed by atoms with van der Waals surface area (Å²) >= 11 is 12.2. The number of nitrogens with zero attached hydrogens (tertiary/aromatic N) is 1. The van der Waals surface area contributed by atoms with Gasteiger partial charge in [0.1, 0.15) is 4.90 Å². The molecule has 2 aromatic rings. The van der Waals surface area contributed by atoms with Crippen molar-refractivity contribution in [3.05, 3.63) is 57.6 Å². The summed E-state index contributed by atoms with van der Waals surface area (Å²) in [6, 6.07) is 7.20. The molecule has 0 bridgehead atoms. The van der Waals surface area contributed by atoms with Crippen LogP contribution in [-0.2, 0) is 19.6 Å². The SMILES string of the molecule is COC(=O)/C=C/c1cc(OC)c(OC)c(S(=O)(=O)N(C)C(C)c2ccc(Cl)cc2Cl)c1. The zero-order valence-electron chi connectivity index (χ0n) is 17.7. The Morgan fingerprint density at radius 3 is 2.32 bits per heavy atom.